The molecule has 1 atom stereocenters. The van der Waals surface area contributed by atoms with E-state index in [1.54, 1.807) is 29.2 Å². The van der Waals surface area contributed by atoms with Crippen molar-refractivity contribution in [2.75, 3.05) is 49.5 Å². The molecule has 3 saturated heterocycles. The lowest BCUT2D eigenvalue weighted by Crippen LogP contribution is -2.54. The highest BCUT2D eigenvalue weighted by atomic mass is 19.4. The predicted octanol–water partition coefficient (Wildman–Crippen LogP) is 4.15. The summed E-state index contributed by atoms with van der Waals surface area (Å²) in [7, 11) is 0. The van der Waals surface area contributed by atoms with Crippen molar-refractivity contribution in [2.45, 2.75) is 56.8 Å². The molecule has 2 N–H and O–H groups in total. The Morgan fingerprint density at radius 1 is 0.911 bits per heavy atom. The SMILES string of the molecule is N#Cc1ccc(N2CCC(C(=O)Nc3ccc(OCCN4CCC(Oc5ccc6c(c5)C(=O)N(C5CCC(=O)NC5=O)C6=O)CC4)cn3)CC2)cc1C(F)(F)F. The van der Waals surface area contributed by atoms with Crippen molar-refractivity contribution in [1.82, 2.24) is 20.1 Å². The summed E-state index contributed by atoms with van der Waals surface area (Å²) < 4.78 is 52.3. The van der Waals surface area contributed by atoms with Gasteiger partial charge in [0, 0.05) is 50.7 Å². The van der Waals surface area contributed by atoms with Crippen LogP contribution in [-0.4, -0.2) is 95.8 Å². The lowest BCUT2D eigenvalue weighted by Gasteiger charge is -2.33. The number of fused-ring (bicyclic) bond motifs is 1. The molecular weight excluding hydrogens is 735 g/mol. The summed E-state index contributed by atoms with van der Waals surface area (Å²) >= 11 is 0. The van der Waals surface area contributed by atoms with Crippen LogP contribution in [-0.2, 0) is 20.6 Å². The van der Waals surface area contributed by atoms with E-state index in [2.05, 4.69) is 20.5 Å². The van der Waals surface area contributed by atoms with Gasteiger partial charge >= 0.3 is 6.18 Å². The number of nitriles is 1. The molecule has 0 saturated carbocycles. The highest BCUT2D eigenvalue weighted by Gasteiger charge is 2.45. The number of carbonyl (C=O) groups is 5. The number of benzene rings is 2. The van der Waals surface area contributed by atoms with E-state index in [1.165, 1.54) is 30.5 Å². The minimum atomic E-state index is -4.64. The number of nitrogens with one attached hydrogen (secondary N) is 2. The first-order valence-electron chi connectivity index (χ1n) is 18.4. The molecule has 0 aliphatic carbocycles. The van der Waals surface area contributed by atoms with Gasteiger partial charge in [0.25, 0.3) is 11.8 Å². The summed E-state index contributed by atoms with van der Waals surface area (Å²) in [6.45, 7) is 3.36. The van der Waals surface area contributed by atoms with Gasteiger partial charge in [0.05, 0.1) is 34.5 Å². The Kier molecular flexibility index (Phi) is 10.9. The highest BCUT2D eigenvalue weighted by Crippen LogP contribution is 2.36. The topological polar surface area (TPSA) is 174 Å². The Morgan fingerprint density at radius 3 is 2.32 bits per heavy atom. The average Bonchev–Trinajstić information content (AvgIpc) is 3.43. The van der Waals surface area contributed by atoms with Crippen molar-refractivity contribution in [3.63, 3.8) is 0 Å². The fraction of sp³-hybridized carbons (Fsp3) is 0.410. The van der Waals surface area contributed by atoms with Crippen LogP contribution in [0.4, 0.5) is 24.7 Å². The molecule has 56 heavy (non-hydrogen) atoms. The van der Waals surface area contributed by atoms with Crippen molar-refractivity contribution >= 4 is 41.0 Å². The van der Waals surface area contributed by atoms with Crippen molar-refractivity contribution in [3.05, 3.63) is 77.0 Å². The first kappa shape index (κ1) is 38.3. The summed E-state index contributed by atoms with van der Waals surface area (Å²) in [4.78, 5) is 72.2. The number of hydrogen-bond acceptors (Lipinski definition) is 11. The quantitative estimate of drug-likeness (QED) is 0.284. The normalized spacial score (nSPS) is 19.7. The molecule has 5 amide bonds. The number of imide groups is 2. The van der Waals surface area contributed by atoms with Crippen LogP contribution >= 0.6 is 0 Å². The third kappa shape index (κ3) is 8.30. The maximum atomic E-state index is 13.4. The molecule has 292 valence electrons. The zero-order valence-corrected chi connectivity index (χ0v) is 30.1. The van der Waals surface area contributed by atoms with Gasteiger partial charge in [-0.1, -0.05) is 0 Å². The lowest BCUT2D eigenvalue weighted by molar-refractivity contribution is -0.138. The van der Waals surface area contributed by atoms with Crippen LogP contribution in [0.2, 0.25) is 0 Å². The number of piperidine rings is 3. The second kappa shape index (κ2) is 16.0. The number of rotatable bonds is 10. The monoisotopic (exact) mass is 773 g/mol. The molecule has 5 heterocycles. The van der Waals surface area contributed by atoms with E-state index >= 15 is 0 Å². The Hall–Kier alpha value is -6.02. The Morgan fingerprint density at radius 2 is 1.64 bits per heavy atom. The zero-order chi connectivity index (χ0) is 39.6. The van der Waals surface area contributed by atoms with E-state index in [0.717, 1.165) is 36.9 Å². The molecule has 4 aliphatic heterocycles. The molecule has 1 unspecified atom stereocenters. The largest absolute Gasteiger partial charge is 0.491 e. The van der Waals surface area contributed by atoms with Gasteiger partial charge in [-0.15, -0.1) is 0 Å². The Labute approximate surface area is 319 Å². The van der Waals surface area contributed by atoms with Crippen LogP contribution in [0.3, 0.4) is 0 Å². The summed E-state index contributed by atoms with van der Waals surface area (Å²) in [5.74, 6) is -1.43. The first-order chi connectivity index (χ1) is 26.9. The number of pyridine rings is 1. The van der Waals surface area contributed by atoms with E-state index in [1.807, 2.05) is 0 Å². The third-order valence-electron chi connectivity index (χ3n) is 10.6. The third-order valence-corrected chi connectivity index (χ3v) is 10.6. The van der Waals surface area contributed by atoms with Gasteiger partial charge in [0.1, 0.15) is 36.1 Å². The highest BCUT2D eigenvalue weighted by molar-refractivity contribution is 6.23. The molecule has 0 spiro atoms. The molecule has 3 aromatic rings. The number of nitrogens with zero attached hydrogens (tertiary/aromatic N) is 5. The van der Waals surface area contributed by atoms with Crippen LogP contribution in [0, 0.1) is 17.2 Å². The number of likely N-dealkylation sites (tertiary alicyclic amines) is 1. The van der Waals surface area contributed by atoms with Crippen LogP contribution in [0.25, 0.3) is 0 Å². The fourth-order valence-corrected chi connectivity index (χ4v) is 7.49. The van der Waals surface area contributed by atoms with Crippen molar-refractivity contribution in [3.8, 4) is 17.6 Å². The van der Waals surface area contributed by atoms with E-state index in [9.17, 15) is 37.1 Å². The number of amides is 5. The second-order valence-electron chi connectivity index (χ2n) is 14.1. The first-order valence-corrected chi connectivity index (χ1v) is 18.4. The maximum Gasteiger partial charge on any atom is 0.417 e. The Bertz CT molecular complexity index is 2070. The van der Waals surface area contributed by atoms with Crippen molar-refractivity contribution in [2.24, 2.45) is 5.92 Å². The molecule has 0 radical (unpaired) electrons. The molecule has 17 heteroatoms. The number of aromatic nitrogens is 1. The van der Waals surface area contributed by atoms with E-state index in [4.69, 9.17) is 14.7 Å². The molecule has 14 nitrogen and oxygen atoms in total. The summed E-state index contributed by atoms with van der Waals surface area (Å²) in [6.07, 6.45) is -0.719. The standard InChI is InChI=1S/C39H38F3N7O7/c40-39(41,42)31-19-25(2-1-24(31)21-43)48-15-9-23(10-16-48)35(51)45-33-7-4-28(22-44-33)55-18-17-47-13-11-26(12-14-47)56-27-3-5-29-30(20-27)38(54)49(37(29)53)32-6-8-34(50)46-36(32)52/h1-5,7,19-20,22-23,26,32H,6,8-18H2,(H,44,45,51)(H,46,50,52). The maximum absolute atomic E-state index is 13.4. The number of halogens is 3. The van der Waals surface area contributed by atoms with Gasteiger partial charge in [-0.25, -0.2) is 4.98 Å². The molecule has 0 bridgehead atoms. The summed E-state index contributed by atoms with van der Waals surface area (Å²) in [5.41, 5.74) is -0.668. The van der Waals surface area contributed by atoms with Crippen LogP contribution < -0.4 is 25.0 Å². The van der Waals surface area contributed by atoms with Crippen molar-refractivity contribution in [1.29, 1.82) is 5.26 Å². The van der Waals surface area contributed by atoms with Gasteiger partial charge in [0.2, 0.25) is 17.7 Å². The van der Waals surface area contributed by atoms with Gasteiger partial charge in [-0.2, -0.15) is 18.4 Å². The molecule has 2 aromatic carbocycles. The molecule has 3 fully saturated rings. The molecule has 4 aliphatic rings. The van der Waals surface area contributed by atoms with Gasteiger partial charge in [-0.3, -0.25) is 39.1 Å². The minimum absolute atomic E-state index is 0.0492. The van der Waals surface area contributed by atoms with Crippen LogP contribution in [0.15, 0.2) is 54.7 Å². The van der Waals surface area contributed by atoms with Crippen LogP contribution in [0.5, 0.6) is 11.5 Å². The average molecular weight is 774 g/mol. The van der Waals surface area contributed by atoms with Gasteiger partial charge < -0.3 is 19.7 Å². The number of ether oxygens (including phenoxy) is 2. The van der Waals surface area contributed by atoms with Crippen LogP contribution in [0.1, 0.15) is 70.4 Å². The van der Waals surface area contributed by atoms with Gasteiger partial charge in [0.15, 0.2) is 0 Å². The number of alkyl halides is 3. The smallest absolute Gasteiger partial charge is 0.417 e. The number of hydrogen-bond donors (Lipinski definition) is 2. The second-order valence-corrected chi connectivity index (χ2v) is 14.1. The van der Waals surface area contributed by atoms with E-state index < -0.39 is 47.0 Å². The number of carbonyl (C=O) groups excluding carboxylic acids is 5. The Balaban J connectivity index is 0.813. The lowest BCUT2D eigenvalue weighted by atomic mass is 9.95. The zero-order valence-electron chi connectivity index (χ0n) is 30.1. The predicted molar refractivity (Wildman–Crippen MR) is 193 cm³/mol. The van der Waals surface area contributed by atoms with E-state index in [0.29, 0.717) is 62.1 Å². The summed E-state index contributed by atoms with van der Waals surface area (Å²) in [6, 6.07) is 12.3. The van der Waals surface area contributed by atoms with Gasteiger partial charge in [-0.05, 0) is 80.6 Å². The number of anilines is 2. The molecular formula is C39H38F3N7O7. The summed E-state index contributed by atoms with van der Waals surface area (Å²) in [5, 5.41) is 14.1. The van der Waals surface area contributed by atoms with Crippen molar-refractivity contribution < 1.29 is 46.6 Å². The van der Waals surface area contributed by atoms with E-state index in [-0.39, 0.29) is 41.9 Å². The molecule has 1 aromatic heterocycles. The molecule has 7 rings (SSSR count). The fourth-order valence-electron chi connectivity index (χ4n) is 7.49. The minimum Gasteiger partial charge on any atom is -0.491 e.